The van der Waals surface area contributed by atoms with Crippen molar-refractivity contribution in [1.82, 2.24) is 4.90 Å². The van der Waals surface area contributed by atoms with Crippen molar-refractivity contribution in [2.24, 2.45) is 0 Å². The maximum absolute atomic E-state index is 14.1. The van der Waals surface area contributed by atoms with Gasteiger partial charge in [0.05, 0.1) is 30.4 Å². The molecule has 0 spiro atoms. The molecule has 0 amide bonds. The Balaban J connectivity index is 1.95. The summed E-state index contributed by atoms with van der Waals surface area (Å²) in [6, 6.07) is 10.3. The molecule has 0 N–H and O–H groups in total. The van der Waals surface area contributed by atoms with Crippen molar-refractivity contribution in [3.8, 4) is 0 Å². The van der Waals surface area contributed by atoms with Crippen LogP contribution in [0.15, 0.2) is 59.5 Å². The molecule has 36 heavy (non-hydrogen) atoms. The number of nitrogens with zero attached hydrogens (tertiary/aromatic N) is 2. The van der Waals surface area contributed by atoms with Crippen LogP contribution in [0.1, 0.15) is 12.5 Å². The number of ether oxygens (including phenoxy) is 2. The molecule has 1 fully saturated rings. The lowest BCUT2D eigenvalue weighted by atomic mass is 9.91. The van der Waals surface area contributed by atoms with Crippen molar-refractivity contribution in [3.05, 3.63) is 60.2 Å². The minimum Gasteiger partial charge on any atom is -0.379 e. The Morgan fingerprint density at radius 2 is 1.47 bits per heavy atom. The summed E-state index contributed by atoms with van der Waals surface area (Å²) in [5.41, 5.74) is -5.86. The predicted octanol–water partition coefficient (Wildman–Crippen LogP) is 4.57. The zero-order chi connectivity index (χ0) is 26.6. The number of sulfonamides is 1. The Bertz CT molecular complexity index is 1070. The number of morpholine rings is 1. The SMILES string of the molecule is CCN(c1ccc(C(OCCN2CCOCC2)(C(F)(F)F)C(F)(F)F)cc1)S(=O)(=O)c1ccccc1. The molecule has 6 nitrogen and oxygen atoms in total. The largest absolute Gasteiger partial charge is 0.430 e. The van der Waals surface area contributed by atoms with Gasteiger partial charge in [0.2, 0.25) is 0 Å². The maximum Gasteiger partial charge on any atom is 0.430 e. The van der Waals surface area contributed by atoms with Crippen LogP contribution < -0.4 is 4.31 Å². The minimum atomic E-state index is -5.83. The molecule has 2 aromatic rings. The molecule has 0 unspecified atom stereocenters. The van der Waals surface area contributed by atoms with E-state index in [1.807, 2.05) is 0 Å². The molecule has 200 valence electrons. The highest BCUT2D eigenvalue weighted by Crippen LogP contribution is 2.53. The third-order valence-electron chi connectivity index (χ3n) is 5.81. The molecule has 0 bridgehead atoms. The molecule has 1 aliphatic rings. The molecule has 0 radical (unpaired) electrons. The summed E-state index contributed by atoms with van der Waals surface area (Å²) >= 11 is 0. The Morgan fingerprint density at radius 1 is 0.917 bits per heavy atom. The number of alkyl halides is 6. The van der Waals surface area contributed by atoms with Crippen LogP contribution in [0.4, 0.5) is 32.0 Å². The summed E-state index contributed by atoms with van der Waals surface area (Å²) in [6.07, 6.45) is -11.7. The number of hydrogen-bond acceptors (Lipinski definition) is 5. The standard InChI is InChI=1S/C23H26F6N2O4S/c1-2-31(36(32,33)20-6-4-3-5-7-20)19-10-8-18(9-11-19)21(22(24,25)26,23(27,28)29)35-17-14-30-12-15-34-16-13-30/h3-11H,2,12-17H2,1H3. The fraction of sp³-hybridized carbons (Fsp3) is 0.478. The number of benzene rings is 2. The minimum absolute atomic E-state index is 0.0673. The fourth-order valence-corrected chi connectivity index (χ4v) is 5.46. The van der Waals surface area contributed by atoms with Crippen LogP contribution in [0.3, 0.4) is 0 Å². The molecule has 1 saturated heterocycles. The van der Waals surface area contributed by atoms with E-state index in [-0.39, 0.29) is 23.7 Å². The molecular weight excluding hydrogens is 514 g/mol. The van der Waals surface area contributed by atoms with E-state index in [4.69, 9.17) is 4.74 Å². The van der Waals surface area contributed by atoms with Gasteiger partial charge in [-0.3, -0.25) is 9.21 Å². The first-order valence-electron chi connectivity index (χ1n) is 11.1. The third-order valence-corrected chi connectivity index (χ3v) is 7.73. The van der Waals surface area contributed by atoms with E-state index in [2.05, 4.69) is 4.74 Å². The summed E-state index contributed by atoms with van der Waals surface area (Å²) in [5.74, 6) is 0. The van der Waals surface area contributed by atoms with Crippen molar-refractivity contribution < 1.29 is 44.2 Å². The highest BCUT2D eigenvalue weighted by Gasteiger charge is 2.73. The van der Waals surface area contributed by atoms with Gasteiger partial charge in [-0.15, -0.1) is 0 Å². The summed E-state index contributed by atoms with van der Waals surface area (Å²) < 4.78 is 121. The van der Waals surface area contributed by atoms with Gasteiger partial charge >= 0.3 is 12.4 Å². The van der Waals surface area contributed by atoms with Crippen LogP contribution in [-0.2, 0) is 25.1 Å². The van der Waals surface area contributed by atoms with Crippen LogP contribution in [0.25, 0.3) is 0 Å². The fourth-order valence-electron chi connectivity index (χ4n) is 3.96. The lowest BCUT2D eigenvalue weighted by molar-refractivity contribution is -0.389. The van der Waals surface area contributed by atoms with Crippen molar-refractivity contribution in [2.75, 3.05) is 50.3 Å². The van der Waals surface area contributed by atoms with Crippen LogP contribution in [-0.4, -0.2) is 71.7 Å². The summed E-state index contributed by atoms with van der Waals surface area (Å²) in [5, 5.41) is 0. The van der Waals surface area contributed by atoms with Gasteiger partial charge in [0.25, 0.3) is 15.6 Å². The van der Waals surface area contributed by atoms with E-state index in [1.54, 1.807) is 11.0 Å². The average Bonchev–Trinajstić information content (AvgIpc) is 2.82. The van der Waals surface area contributed by atoms with Crippen LogP contribution in [0.2, 0.25) is 0 Å². The van der Waals surface area contributed by atoms with E-state index < -0.39 is 40.1 Å². The molecule has 0 saturated carbocycles. The predicted molar refractivity (Wildman–Crippen MR) is 120 cm³/mol. The highest BCUT2D eigenvalue weighted by atomic mass is 32.2. The first kappa shape index (κ1) is 28.2. The zero-order valence-corrected chi connectivity index (χ0v) is 20.2. The summed E-state index contributed by atoms with van der Waals surface area (Å²) in [6.45, 7) is 1.81. The van der Waals surface area contributed by atoms with Gasteiger partial charge in [0.15, 0.2) is 0 Å². The second kappa shape index (κ2) is 11.0. The average molecular weight is 541 g/mol. The molecule has 13 heteroatoms. The van der Waals surface area contributed by atoms with Gasteiger partial charge in [-0.1, -0.05) is 30.3 Å². The van der Waals surface area contributed by atoms with Gasteiger partial charge in [0, 0.05) is 31.7 Å². The second-order valence-electron chi connectivity index (χ2n) is 8.01. The first-order valence-corrected chi connectivity index (χ1v) is 12.5. The van der Waals surface area contributed by atoms with Gasteiger partial charge in [0.1, 0.15) is 0 Å². The third kappa shape index (κ3) is 5.63. The van der Waals surface area contributed by atoms with E-state index in [9.17, 15) is 34.8 Å². The Labute approximate surface area is 205 Å². The first-order chi connectivity index (χ1) is 16.8. The summed E-state index contributed by atoms with van der Waals surface area (Å²) in [7, 11) is -4.09. The van der Waals surface area contributed by atoms with E-state index in [0.29, 0.717) is 38.4 Å². The van der Waals surface area contributed by atoms with Crippen molar-refractivity contribution in [3.63, 3.8) is 0 Å². The van der Waals surface area contributed by atoms with Crippen LogP contribution in [0.5, 0.6) is 0 Å². The van der Waals surface area contributed by atoms with Gasteiger partial charge in [-0.25, -0.2) is 8.42 Å². The van der Waals surface area contributed by atoms with Gasteiger partial charge < -0.3 is 9.47 Å². The molecule has 0 aliphatic carbocycles. The van der Waals surface area contributed by atoms with Crippen LogP contribution >= 0.6 is 0 Å². The molecular formula is C23H26F6N2O4S. The molecule has 2 aromatic carbocycles. The highest BCUT2D eigenvalue weighted by molar-refractivity contribution is 7.92. The van der Waals surface area contributed by atoms with Crippen LogP contribution in [0, 0.1) is 0 Å². The summed E-state index contributed by atoms with van der Waals surface area (Å²) in [4.78, 5) is 1.58. The Hall–Kier alpha value is -2.35. The van der Waals surface area contributed by atoms with Crippen molar-refractivity contribution >= 4 is 15.7 Å². The van der Waals surface area contributed by atoms with E-state index >= 15 is 0 Å². The number of halogens is 6. The lowest BCUT2D eigenvalue weighted by Crippen LogP contribution is -2.56. The maximum atomic E-state index is 14.1. The molecule has 3 rings (SSSR count). The number of anilines is 1. The van der Waals surface area contributed by atoms with Crippen molar-refractivity contribution in [2.45, 2.75) is 29.8 Å². The number of rotatable bonds is 9. The molecule has 0 atom stereocenters. The van der Waals surface area contributed by atoms with Gasteiger partial charge in [-0.2, -0.15) is 26.3 Å². The smallest absolute Gasteiger partial charge is 0.379 e. The van der Waals surface area contributed by atoms with E-state index in [1.165, 1.54) is 31.2 Å². The Morgan fingerprint density at radius 3 is 1.97 bits per heavy atom. The van der Waals surface area contributed by atoms with Crippen molar-refractivity contribution in [1.29, 1.82) is 0 Å². The lowest BCUT2D eigenvalue weighted by Gasteiger charge is -2.38. The quantitative estimate of drug-likeness (QED) is 0.437. The zero-order valence-electron chi connectivity index (χ0n) is 19.3. The monoisotopic (exact) mass is 540 g/mol. The topological polar surface area (TPSA) is 59.1 Å². The van der Waals surface area contributed by atoms with E-state index in [0.717, 1.165) is 16.4 Å². The van der Waals surface area contributed by atoms with Gasteiger partial charge in [-0.05, 0) is 31.2 Å². The Kier molecular flexibility index (Phi) is 8.59. The normalized spacial score (nSPS) is 16.2. The number of hydrogen-bond donors (Lipinski definition) is 0. The molecule has 1 aliphatic heterocycles. The molecule has 0 aromatic heterocycles. The second-order valence-corrected chi connectivity index (χ2v) is 9.87. The molecule has 1 heterocycles.